The highest BCUT2D eigenvalue weighted by Gasteiger charge is 2.19. The van der Waals surface area contributed by atoms with Crippen LogP contribution in [-0.2, 0) is 20.4 Å². The van der Waals surface area contributed by atoms with E-state index in [-0.39, 0.29) is 13.2 Å². The van der Waals surface area contributed by atoms with Crippen LogP contribution in [0.25, 0.3) is 0 Å². The van der Waals surface area contributed by atoms with Crippen molar-refractivity contribution in [2.24, 2.45) is 0 Å². The van der Waals surface area contributed by atoms with Crippen LogP contribution in [0.5, 0.6) is 0 Å². The average Bonchev–Trinajstić information content (AvgIpc) is 2.81. The Morgan fingerprint density at radius 3 is 1.89 bits per heavy atom. The van der Waals surface area contributed by atoms with E-state index in [4.69, 9.17) is 31.4 Å². The lowest BCUT2D eigenvalue weighted by Crippen LogP contribution is -2.19. The first-order valence-electron chi connectivity index (χ1n) is 13.3. The van der Waals surface area contributed by atoms with E-state index < -0.39 is 13.9 Å². The molecule has 0 aliphatic rings. The van der Waals surface area contributed by atoms with Gasteiger partial charge in [0.15, 0.2) is 0 Å². The van der Waals surface area contributed by atoms with Gasteiger partial charge in [0.25, 0.3) is 0 Å². The molecule has 0 unspecified atom stereocenters. The molecule has 1 aromatic carbocycles. The number of phosphoric acid groups is 1. The normalized spacial score (nSPS) is 12.5. The van der Waals surface area contributed by atoms with Crippen LogP contribution < -0.4 is 0 Å². The zero-order valence-electron chi connectivity index (χ0n) is 21.4. The molecular formula is C27H45ClNO5P. The lowest BCUT2D eigenvalue weighted by molar-refractivity contribution is -0.00375. The van der Waals surface area contributed by atoms with Crippen LogP contribution in [0.1, 0.15) is 121 Å². The van der Waals surface area contributed by atoms with Gasteiger partial charge in [-0.25, -0.2) is 4.57 Å². The molecule has 1 rings (SSSR count). The Balaban J connectivity index is 2.18. The van der Waals surface area contributed by atoms with Gasteiger partial charge in [-0.1, -0.05) is 115 Å². The highest BCUT2D eigenvalue weighted by atomic mass is 35.5. The zero-order valence-corrected chi connectivity index (χ0v) is 23.1. The van der Waals surface area contributed by atoms with Crippen molar-refractivity contribution in [1.29, 1.82) is 5.26 Å². The van der Waals surface area contributed by atoms with Crippen molar-refractivity contribution in [3.63, 3.8) is 0 Å². The highest BCUT2D eigenvalue weighted by Crippen LogP contribution is 2.36. The van der Waals surface area contributed by atoms with E-state index in [2.05, 4.69) is 17.5 Å². The predicted molar refractivity (Wildman–Crippen MR) is 142 cm³/mol. The molecule has 0 aromatic heterocycles. The molecular weight excluding hydrogens is 485 g/mol. The van der Waals surface area contributed by atoms with E-state index in [9.17, 15) is 4.57 Å². The Kier molecular flexibility index (Phi) is 18.5. The molecule has 0 radical (unpaired) electrons. The fourth-order valence-corrected chi connectivity index (χ4v) is 4.77. The van der Waals surface area contributed by atoms with Crippen LogP contribution in [0.4, 0.5) is 0 Å². The third kappa shape index (κ3) is 18.9. The number of hydrogen-bond acceptors (Lipinski definition) is 4. The van der Waals surface area contributed by atoms with Crippen molar-refractivity contribution in [1.82, 2.24) is 0 Å². The number of unbranched alkanes of at least 4 members (excludes halogenated alkanes) is 14. The van der Waals surface area contributed by atoms with Crippen molar-refractivity contribution in [3.8, 4) is 6.07 Å². The topological polar surface area (TPSA) is 99.8 Å². The highest BCUT2D eigenvalue weighted by molar-refractivity contribution is 7.46. The lowest BCUT2D eigenvalue weighted by Gasteiger charge is -2.18. The first-order valence-corrected chi connectivity index (χ1v) is 15.3. The summed E-state index contributed by atoms with van der Waals surface area (Å²) < 4.78 is 21.7. The summed E-state index contributed by atoms with van der Waals surface area (Å²) >= 11 is 6.04. The van der Waals surface area contributed by atoms with Gasteiger partial charge in [-0.15, -0.1) is 0 Å². The summed E-state index contributed by atoms with van der Waals surface area (Å²) in [5.41, 5.74) is 1.19. The number of nitrogens with zero attached hydrogens (tertiary/aromatic N) is 1. The van der Waals surface area contributed by atoms with E-state index in [0.717, 1.165) is 24.8 Å². The minimum absolute atomic E-state index is 0.172. The fraction of sp³-hybridized carbons (Fsp3) is 0.741. The number of ether oxygens (including phenoxy) is 1. The minimum Gasteiger partial charge on any atom is -0.371 e. The van der Waals surface area contributed by atoms with Gasteiger partial charge < -0.3 is 14.5 Å². The zero-order chi connectivity index (χ0) is 25.8. The molecule has 200 valence electrons. The van der Waals surface area contributed by atoms with E-state index in [0.29, 0.717) is 17.0 Å². The van der Waals surface area contributed by atoms with E-state index >= 15 is 0 Å². The molecule has 0 saturated carbocycles. The van der Waals surface area contributed by atoms with Crippen LogP contribution in [0.3, 0.4) is 0 Å². The molecule has 1 atom stereocenters. The van der Waals surface area contributed by atoms with Gasteiger partial charge in [0.1, 0.15) is 0 Å². The molecule has 0 aliphatic heterocycles. The third-order valence-corrected chi connectivity index (χ3v) is 6.83. The molecule has 0 spiro atoms. The van der Waals surface area contributed by atoms with Gasteiger partial charge in [0.05, 0.1) is 31.0 Å². The van der Waals surface area contributed by atoms with Crippen molar-refractivity contribution in [2.45, 2.75) is 122 Å². The summed E-state index contributed by atoms with van der Waals surface area (Å²) in [5.74, 6) is 0. The molecule has 8 heteroatoms. The summed E-state index contributed by atoms with van der Waals surface area (Å²) in [6.07, 6.45) is 19.5. The second-order valence-electron chi connectivity index (χ2n) is 9.42. The van der Waals surface area contributed by atoms with Gasteiger partial charge in [-0.2, -0.15) is 5.26 Å². The predicted octanol–water partition coefficient (Wildman–Crippen LogP) is 8.47. The molecule has 0 aliphatic carbocycles. The minimum atomic E-state index is -4.55. The quantitative estimate of drug-likeness (QED) is 0.115. The monoisotopic (exact) mass is 529 g/mol. The van der Waals surface area contributed by atoms with E-state index in [1.807, 2.05) is 0 Å². The maximum atomic E-state index is 11.1. The molecule has 0 fully saturated rings. The Labute approximate surface area is 217 Å². The molecule has 0 saturated heterocycles. The maximum absolute atomic E-state index is 11.1. The smallest absolute Gasteiger partial charge is 0.371 e. The van der Waals surface area contributed by atoms with Gasteiger partial charge in [-0.3, -0.25) is 4.52 Å². The fourth-order valence-electron chi connectivity index (χ4n) is 4.15. The Hall–Kier alpha value is -0.930. The van der Waals surface area contributed by atoms with E-state index in [1.165, 1.54) is 77.0 Å². The number of hydrogen-bond donors (Lipinski definition) is 2. The van der Waals surface area contributed by atoms with Crippen molar-refractivity contribution < 1.29 is 23.6 Å². The van der Waals surface area contributed by atoms with Crippen molar-refractivity contribution >= 4 is 19.4 Å². The van der Waals surface area contributed by atoms with Crippen LogP contribution in [0.15, 0.2) is 18.2 Å². The molecule has 0 heterocycles. The molecule has 0 bridgehead atoms. The standard InChI is InChI=1S/C27H45ClNO5P/c1-2-3-4-5-6-7-8-9-10-11-12-13-14-15-16-17-27(23-34-35(30,31)32)33-22-25-18-24(21-29)19-26(28)20-25/h18-20,27H,2-17,22-23H2,1H3,(H2,30,31,32)/t27-/m1/s1. The van der Waals surface area contributed by atoms with Crippen LogP contribution >= 0.6 is 19.4 Å². The van der Waals surface area contributed by atoms with Crippen LogP contribution in [0.2, 0.25) is 5.02 Å². The lowest BCUT2D eigenvalue weighted by atomic mass is 10.0. The van der Waals surface area contributed by atoms with Crippen molar-refractivity contribution in [3.05, 3.63) is 34.3 Å². The van der Waals surface area contributed by atoms with Gasteiger partial charge in [-0.05, 0) is 30.2 Å². The molecule has 0 amide bonds. The number of nitriles is 1. The Morgan fingerprint density at radius 2 is 1.40 bits per heavy atom. The maximum Gasteiger partial charge on any atom is 0.469 e. The second-order valence-corrected chi connectivity index (χ2v) is 11.1. The SMILES string of the molecule is CCCCCCCCCCCCCCCCC[C@H](COP(=O)(O)O)OCc1cc(Cl)cc(C#N)c1. The van der Waals surface area contributed by atoms with Crippen LogP contribution in [-0.4, -0.2) is 22.5 Å². The van der Waals surface area contributed by atoms with Gasteiger partial charge >= 0.3 is 7.82 Å². The molecule has 6 nitrogen and oxygen atoms in total. The summed E-state index contributed by atoms with van der Waals surface area (Å²) in [6, 6.07) is 7.05. The number of rotatable bonds is 22. The largest absolute Gasteiger partial charge is 0.469 e. The summed E-state index contributed by atoms with van der Waals surface area (Å²) in [5, 5.41) is 9.54. The number of benzene rings is 1. The second kappa shape index (κ2) is 20.2. The summed E-state index contributed by atoms with van der Waals surface area (Å²) in [7, 11) is -4.55. The number of halogens is 1. The van der Waals surface area contributed by atoms with E-state index in [1.54, 1.807) is 18.2 Å². The summed E-state index contributed by atoms with van der Waals surface area (Å²) in [6.45, 7) is 2.28. The Bertz CT molecular complexity index is 764. The van der Waals surface area contributed by atoms with Gasteiger partial charge in [0, 0.05) is 5.02 Å². The third-order valence-electron chi connectivity index (χ3n) is 6.13. The summed E-state index contributed by atoms with van der Waals surface area (Å²) in [4.78, 5) is 18.1. The molecule has 35 heavy (non-hydrogen) atoms. The average molecular weight is 530 g/mol. The molecule has 2 N–H and O–H groups in total. The number of phosphoric ester groups is 1. The Morgan fingerprint density at radius 1 is 0.886 bits per heavy atom. The van der Waals surface area contributed by atoms with Crippen molar-refractivity contribution in [2.75, 3.05) is 6.61 Å². The molecule has 1 aromatic rings. The first kappa shape index (κ1) is 32.1. The van der Waals surface area contributed by atoms with Gasteiger partial charge in [0.2, 0.25) is 0 Å². The first-order chi connectivity index (χ1) is 16.8. The van der Waals surface area contributed by atoms with Crippen LogP contribution in [0, 0.1) is 11.3 Å².